The third-order valence-electron chi connectivity index (χ3n) is 4.54. The Morgan fingerprint density at radius 3 is 3.08 bits per heavy atom. The number of aryl methyl sites for hydroxylation is 1. The van der Waals surface area contributed by atoms with Gasteiger partial charge in [0.05, 0.1) is 6.61 Å². The van der Waals surface area contributed by atoms with Crippen LogP contribution in [0.3, 0.4) is 0 Å². The van der Waals surface area contributed by atoms with Crippen molar-refractivity contribution in [3.05, 3.63) is 36.2 Å². The second-order valence-electron chi connectivity index (χ2n) is 6.30. The van der Waals surface area contributed by atoms with E-state index in [1.165, 1.54) is 0 Å². The van der Waals surface area contributed by atoms with Crippen LogP contribution in [0.1, 0.15) is 31.9 Å². The van der Waals surface area contributed by atoms with E-state index >= 15 is 0 Å². The molecule has 3 heterocycles. The molecule has 25 heavy (non-hydrogen) atoms. The van der Waals surface area contributed by atoms with Gasteiger partial charge in [-0.2, -0.15) is 0 Å². The molecule has 0 aliphatic carbocycles. The number of hydrogen-bond donors (Lipinski definition) is 0. The van der Waals surface area contributed by atoms with Crippen LogP contribution >= 0.6 is 0 Å². The maximum atomic E-state index is 12.6. The number of aromatic nitrogens is 2. The Morgan fingerprint density at radius 2 is 2.24 bits per heavy atom. The quantitative estimate of drug-likeness (QED) is 0.754. The number of hydrogen-bond acceptors (Lipinski definition) is 5. The Bertz CT molecular complexity index is 762. The summed E-state index contributed by atoms with van der Waals surface area (Å²) < 4.78 is 4.95. The van der Waals surface area contributed by atoms with Gasteiger partial charge in [0.2, 0.25) is 5.91 Å². The van der Waals surface area contributed by atoms with Crippen LogP contribution < -0.4 is 0 Å². The van der Waals surface area contributed by atoms with Crippen LogP contribution in [0.25, 0.3) is 11.0 Å². The average molecular weight is 341 g/mol. The molecule has 3 rings (SSSR count). The molecule has 0 saturated carbocycles. The van der Waals surface area contributed by atoms with Crippen LogP contribution in [0, 0.1) is 5.92 Å². The van der Waals surface area contributed by atoms with E-state index in [4.69, 9.17) is 4.74 Å². The normalized spacial score (nSPS) is 17.7. The fourth-order valence-corrected chi connectivity index (χ4v) is 3.26. The second-order valence-corrected chi connectivity index (χ2v) is 6.30. The summed E-state index contributed by atoms with van der Waals surface area (Å²) in [6.07, 6.45) is 4.99. The molecule has 0 radical (unpaired) electrons. The van der Waals surface area contributed by atoms with Gasteiger partial charge in [-0.1, -0.05) is 0 Å². The van der Waals surface area contributed by atoms with Crippen LogP contribution in [0.15, 0.2) is 30.5 Å². The van der Waals surface area contributed by atoms with E-state index < -0.39 is 0 Å². The lowest BCUT2D eigenvalue weighted by molar-refractivity contribution is -0.151. The van der Waals surface area contributed by atoms with Crippen molar-refractivity contribution in [1.82, 2.24) is 14.9 Å². The number of esters is 1. The van der Waals surface area contributed by atoms with Gasteiger partial charge in [0.25, 0.3) is 0 Å². The van der Waals surface area contributed by atoms with Crippen molar-refractivity contribution in [2.24, 2.45) is 5.92 Å². The molecule has 1 aliphatic rings. The van der Waals surface area contributed by atoms with E-state index in [-0.39, 0.29) is 24.3 Å². The van der Waals surface area contributed by atoms with Gasteiger partial charge in [-0.15, -0.1) is 0 Å². The predicted molar refractivity (Wildman–Crippen MR) is 93.8 cm³/mol. The van der Waals surface area contributed by atoms with Crippen LogP contribution in [0.2, 0.25) is 0 Å². The summed E-state index contributed by atoms with van der Waals surface area (Å²) in [6, 6.07) is 7.88. The molecule has 0 spiro atoms. The first-order valence-corrected chi connectivity index (χ1v) is 8.82. The largest absolute Gasteiger partial charge is 0.465 e. The summed E-state index contributed by atoms with van der Waals surface area (Å²) in [4.78, 5) is 34.7. The fraction of sp³-hybridized carbons (Fsp3) is 0.474. The molecule has 1 fully saturated rings. The molecule has 6 nitrogen and oxygen atoms in total. The number of nitrogens with zero attached hydrogens (tertiary/aromatic N) is 3. The summed E-state index contributed by atoms with van der Waals surface area (Å²) >= 11 is 0. The molecule has 0 N–H and O–H groups in total. The Balaban J connectivity index is 1.59. The van der Waals surface area contributed by atoms with Gasteiger partial charge in [-0.25, -0.2) is 9.97 Å². The smallest absolute Gasteiger partial charge is 0.325 e. The van der Waals surface area contributed by atoms with Crippen LogP contribution in [0.5, 0.6) is 0 Å². The molecular weight excluding hydrogens is 318 g/mol. The van der Waals surface area contributed by atoms with Crippen molar-refractivity contribution in [3.63, 3.8) is 0 Å². The minimum absolute atomic E-state index is 0.0515. The Kier molecular flexibility index (Phi) is 5.58. The summed E-state index contributed by atoms with van der Waals surface area (Å²) in [5.74, 6) is -0.332. The lowest BCUT2D eigenvalue weighted by atomic mass is 9.91. The first kappa shape index (κ1) is 17.3. The van der Waals surface area contributed by atoms with E-state index in [9.17, 15) is 9.59 Å². The maximum Gasteiger partial charge on any atom is 0.325 e. The van der Waals surface area contributed by atoms with E-state index in [1.54, 1.807) is 18.0 Å². The Hall–Kier alpha value is -2.50. The number of fused-ring (bicyclic) bond motifs is 1. The molecule has 1 aliphatic heterocycles. The summed E-state index contributed by atoms with van der Waals surface area (Å²) in [5, 5.41) is 1.01. The summed E-state index contributed by atoms with van der Waals surface area (Å²) in [6.45, 7) is 2.80. The number of rotatable bonds is 6. The van der Waals surface area contributed by atoms with Gasteiger partial charge >= 0.3 is 5.97 Å². The van der Waals surface area contributed by atoms with Gasteiger partial charge in [-0.3, -0.25) is 9.59 Å². The van der Waals surface area contributed by atoms with E-state index in [2.05, 4.69) is 9.97 Å². The van der Waals surface area contributed by atoms with E-state index in [0.29, 0.717) is 13.2 Å². The third-order valence-corrected chi connectivity index (χ3v) is 4.54. The first-order chi connectivity index (χ1) is 12.2. The molecule has 132 valence electrons. The highest BCUT2D eigenvalue weighted by Crippen LogP contribution is 2.23. The fourth-order valence-electron chi connectivity index (χ4n) is 3.26. The number of piperidine rings is 1. The molecule has 2 aromatic heterocycles. The highest BCUT2D eigenvalue weighted by molar-refractivity contribution is 5.84. The lowest BCUT2D eigenvalue weighted by Gasteiger charge is -2.31. The highest BCUT2D eigenvalue weighted by Gasteiger charge is 2.29. The lowest BCUT2D eigenvalue weighted by Crippen LogP contribution is -2.44. The number of likely N-dealkylation sites (tertiary alicyclic amines) is 1. The predicted octanol–water partition coefficient (Wildman–Crippen LogP) is 2.36. The summed E-state index contributed by atoms with van der Waals surface area (Å²) in [7, 11) is 0. The van der Waals surface area contributed by atoms with Crippen molar-refractivity contribution in [2.75, 3.05) is 19.7 Å². The number of carbonyl (C=O) groups excluding carboxylic acids is 2. The molecule has 1 amide bonds. The highest BCUT2D eigenvalue weighted by atomic mass is 16.5. The SMILES string of the molecule is CCOC(=O)CN1CCCC(CCc2ccc3cccnc3n2)C1=O. The van der Waals surface area contributed by atoms with Crippen molar-refractivity contribution < 1.29 is 14.3 Å². The van der Waals surface area contributed by atoms with Crippen LogP contribution in [0.4, 0.5) is 0 Å². The number of amides is 1. The van der Waals surface area contributed by atoms with Gasteiger partial charge in [0, 0.05) is 29.7 Å². The van der Waals surface area contributed by atoms with Crippen molar-refractivity contribution in [2.45, 2.75) is 32.6 Å². The Morgan fingerprint density at radius 1 is 1.36 bits per heavy atom. The van der Waals surface area contributed by atoms with Crippen molar-refractivity contribution in [3.8, 4) is 0 Å². The number of ether oxygens (including phenoxy) is 1. The molecule has 0 aromatic carbocycles. The molecule has 6 heteroatoms. The summed E-state index contributed by atoms with van der Waals surface area (Å²) in [5.41, 5.74) is 1.68. The molecular formula is C19H23N3O3. The van der Waals surface area contributed by atoms with Crippen molar-refractivity contribution >= 4 is 22.9 Å². The van der Waals surface area contributed by atoms with Gasteiger partial charge < -0.3 is 9.64 Å². The van der Waals surface area contributed by atoms with Gasteiger partial charge in [-0.05, 0) is 56.9 Å². The zero-order valence-electron chi connectivity index (χ0n) is 14.5. The molecule has 1 unspecified atom stereocenters. The monoisotopic (exact) mass is 341 g/mol. The maximum absolute atomic E-state index is 12.6. The van der Waals surface area contributed by atoms with Crippen LogP contribution in [-0.4, -0.2) is 46.4 Å². The Labute approximate surface area is 147 Å². The van der Waals surface area contributed by atoms with Crippen molar-refractivity contribution in [1.29, 1.82) is 0 Å². The zero-order chi connectivity index (χ0) is 17.6. The number of carbonyl (C=O) groups is 2. The topological polar surface area (TPSA) is 72.4 Å². The minimum atomic E-state index is -0.334. The van der Waals surface area contributed by atoms with E-state index in [1.807, 2.05) is 24.3 Å². The van der Waals surface area contributed by atoms with Crippen LogP contribution in [-0.2, 0) is 20.7 Å². The third kappa shape index (κ3) is 4.32. The molecule has 2 aromatic rings. The molecule has 0 bridgehead atoms. The molecule has 1 atom stereocenters. The van der Waals surface area contributed by atoms with Gasteiger partial charge in [0.1, 0.15) is 6.54 Å². The average Bonchev–Trinajstić information content (AvgIpc) is 2.62. The standard InChI is InChI=1S/C19H23N3O3/c1-2-25-17(23)13-22-12-4-6-15(19(22)24)8-10-16-9-7-14-5-3-11-20-18(14)21-16/h3,5,7,9,11,15H,2,4,6,8,10,12-13H2,1H3. The van der Waals surface area contributed by atoms with Gasteiger partial charge in [0.15, 0.2) is 5.65 Å². The minimum Gasteiger partial charge on any atom is -0.465 e. The second kappa shape index (κ2) is 8.05. The number of pyridine rings is 2. The van der Waals surface area contributed by atoms with E-state index in [0.717, 1.165) is 42.4 Å². The molecule has 1 saturated heterocycles. The zero-order valence-corrected chi connectivity index (χ0v) is 14.5. The first-order valence-electron chi connectivity index (χ1n) is 8.82.